The van der Waals surface area contributed by atoms with Crippen molar-refractivity contribution in [1.82, 2.24) is 9.21 Å². The topological polar surface area (TPSA) is 86.9 Å². The minimum atomic E-state index is -3.70. The molecule has 0 amide bonds. The summed E-state index contributed by atoms with van der Waals surface area (Å²) in [4.78, 5) is 1.98. The number of anilines is 1. The maximum Gasteiger partial charge on any atom is 0.244 e. The van der Waals surface area contributed by atoms with Gasteiger partial charge in [-0.2, -0.15) is 4.31 Å². The first kappa shape index (κ1) is 16.8. The molecule has 1 aromatic rings. The zero-order valence-electron chi connectivity index (χ0n) is 11.3. The predicted octanol–water partition coefficient (Wildman–Crippen LogP) is 0.874. The fourth-order valence-corrected chi connectivity index (χ4v) is 4.38. The molecule has 0 aromatic heterocycles. The molecule has 1 fully saturated rings. The predicted molar refractivity (Wildman–Crippen MR) is 83.2 cm³/mol. The number of aliphatic hydroxyl groups is 1. The van der Waals surface area contributed by atoms with Gasteiger partial charge in [0, 0.05) is 32.7 Å². The van der Waals surface area contributed by atoms with Gasteiger partial charge in [-0.3, -0.25) is 4.90 Å². The normalized spacial score (nSPS) is 18.0. The Morgan fingerprint density at radius 2 is 1.81 bits per heavy atom. The fourth-order valence-electron chi connectivity index (χ4n) is 2.22. The molecule has 9 heteroatoms. The molecule has 1 aliphatic heterocycles. The molecule has 118 valence electrons. The Labute approximate surface area is 134 Å². The summed E-state index contributed by atoms with van der Waals surface area (Å²) in [5.41, 5.74) is 5.76. The number of β-amino-alcohol motifs (C(OH)–C–C–N with tert-alkyl or cyclic N) is 1. The Kier molecular flexibility index (Phi) is 5.34. The zero-order valence-corrected chi connectivity index (χ0v) is 13.6. The highest BCUT2D eigenvalue weighted by atomic mass is 35.5. The van der Waals surface area contributed by atoms with Gasteiger partial charge in [-0.1, -0.05) is 23.2 Å². The summed E-state index contributed by atoms with van der Waals surface area (Å²) in [7, 11) is -3.70. The number of nitrogen functional groups attached to an aromatic ring is 1. The molecule has 1 heterocycles. The lowest BCUT2D eigenvalue weighted by Crippen LogP contribution is -2.49. The highest BCUT2D eigenvalue weighted by Crippen LogP contribution is 2.34. The highest BCUT2D eigenvalue weighted by Gasteiger charge is 2.30. The summed E-state index contributed by atoms with van der Waals surface area (Å²) in [5.74, 6) is 0. The van der Waals surface area contributed by atoms with Crippen molar-refractivity contribution in [1.29, 1.82) is 0 Å². The third-order valence-electron chi connectivity index (χ3n) is 3.46. The Hall–Kier alpha value is -0.570. The van der Waals surface area contributed by atoms with Gasteiger partial charge in [-0.15, -0.1) is 0 Å². The zero-order chi connectivity index (χ0) is 15.6. The first-order valence-electron chi connectivity index (χ1n) is 6.44. The molecule has 0 atom stereocenters. The van der Waals surface area contributed by atoms with E-state index in [1.54, 1.807) is 0 Å². The Morgan fingerprint density at radius 3 is 2.38 bits per heavy atom. The van der Waals surface area contributed by atoms with Crippen LogP contribution in [0.15, 0.2) is 17.0 Å². The molecule has 3 N–H and O–H groups in total. The second-order valence-electron chi connectivity index (χ2n) is 4.74. The molecular formula is C12H17Cl2N3O3S. The van der Waals surface area contributed by atoms with Gasteiger partial charge in [0.05, 0.1) is 22.3 Å². The smallest absolute Gasteiger partial charge is 0.244 e. The average molecular weight is 354 g/mol. The summed E-state index contributed by atoms with van der Waals surface area (Å²) >= 11 is 11.8. The number of nitrogens with zero attached hydrogens (tertiary/aromatic N) is 2. The molecule has 0 aliphatic carbocycles. The van der Waals surface area contributed by atoms with E-state index in [1.165, 1.54) is 16.4 Å². The van der Waals surface area contributed by atoms with Crippen LogP contribution < -0.4 is 5.73 Å². The van der Waals surface area contributed by atoms with Crippen LogP contribution in [-0.4, -0.2) is 62.1 Å². The number of hydrogen-bond donors (Lipinski definition) is 2. The van der Waals surface area contributed by atoms with E-state index in [0.717, 1.165) is 0 Å². The minimum absolute atomic E-state index is 0.0262. The molecule has 0 bridgehead atoms. The van der Waals surface area contributed by atoms with Crippen molar-refractivity contribution in [3.63, 3.8) is 0 Å². The number of sulfonamides is 1. The molecule has 1 aliphatic rings. The van der Waals surface area contributed by atoms with Gasteiger partial charge in [0.15, 0.2) is 0 Å². The first-order valence-corrected chi connectivity index (χ1v) is 8.64. The number of aliphatic hydroxyl groups excluding tert-OH is 1. The van der Waals surface area contributed by atoms with Gasteiger partial charge in [-0.05, 0) is 12.1 Å². The Bertz CT molecular complexity index is 616. The summed E-state index contributed by atoms with van der Waals surface area (Å²) in [6, 6.07) is 2.80. The molecule has 0 radical (unpaired) electrons. The van der Waals surface area contributed by atoms with E-state index in [2.05, 4.69) is 0 Å². The summed E-state index contributed by atoms with van der Waals surface area (Å²) in [5, 5.41) is 9.08. The second kappa shape index (κ2) is 6.68. The molecular weight excluding hydrogens is 337 g/mol. The minimum Gasteiger partial charge on any atom is -0.396 e. The van der Waals surface area contributed by atoms with Gasteiger partial charge in [0.25, 0.3) is 0 Å². The van der Waals surface area contributed by atoms with Crippen molar-refractivity contribution in [2.45, 2.75) is 4.90 Å². The lowest BCUT2D eigenvalue weighted by molar-refractivity contribution is 0.151. The van der Waals surface area contributed by atoms with Crippen molar-refractivity contribution >= 4 is 38.9 Å². The van der Waals surface area contributed by atoms with Crippen molar-refractivity contribution in [2.24, 2.45) is 0 Å². The quantitative estimate of drug-likeness (QED) is 0.784. The summed E-state index contributed by atoms with van der Waals surface area (Å²) in [6.45, 7) is 2.44. The van der Waals surface area contributed by atoms with Gasteiger partial charge in [0.1, 0.15) is 4.90 Å². The number of benzene rings is 1. The van der Waals surface area contributed by atoms with Gasteiger partial charge in [-0.25, -0.2) is 8.42 Å². The third kappa shape index (κ3) is 3.44. The van der Waals surface area contributed by atoms with E-state index in [9.17, 15) is 8.42 Å². The van der Waals surface area contributed by atoms with Crippen LogP contribution in [-0.2, 0) is 10.0 Å². The molecule has 0 spiro atoms. The number of piperazine rings is 1. The van der Waals surface area contributed by atoms with Crippen LogP contribution in [0.4, 0.5) is 5.69 Å². The maximum atomic E-state index is 12.6. The van der Waals surface area contributed by atoms with Gasteiger partial charge >= 0.3 is 0 Å². The van der Waals surface area contributed by atoms with Crippen molar-refractivity contribution in [3.8, 4) is 0 Å². The van der Waals surface area contributed by atoms with Crippen LogP contribution in [0.1, 0.15) is 0 Å². The highest BCUT2D eigenvalue weighted by molar-refractivity contribution is 7.89. The number of hydrogen-bond acceptors (Lipinski definition) is 5. The summed E-state index contributed by atoms with van der Waals surface area (Å²) in [6.07, 6.45) is 0. The van der Waals surface area contributed by atoms with E-state index in [4.69, 9.17) is 34.0 Å². The molecule has 1 saturated heterocycles. The van der Waals surface area contributed by atoms with Gasteiger partial charge in [0.2, 0.25) is 10.0 Å². The Balaban J connectivity index is 2.22. The molecule has 6 nitrogen and oxygen atoms in total. The SMILES string of the molecule is Nc1c(Cl)ccc(S(=O)(=O)N2CCN(CCO)CC2)c1Cl. The molecule has 1 aromatic carbocycles. The van der Waals surface area contributed by atoms with Crippen molar-refractivity contribution in [2.75, 3.05) is 45.1 Å². The van der Waals surface area contributed by atoms with Gasteiger partial charge < -0.3 is 10.8 Å². The van der Waals surface area contributed by atoms with Crippen LogP contribution in [0.3, 0.4) is 0 Å². The monoisotopic (exact) mass is 353 g/mol. The largest absolute Gasteiger partial charge is 0.396 e. The molecule has 2 rings (SSSR count). The van der Waals surface area contributed by atoms with E-state index in [1.807, 2.05) is 4.90 Å². The lowest BCUT2D eigenvalue weighted by atomic mass is 10.3. The fraction of sp³-hybridized carbons (Fsp3) is 0.500. The third-order valence-corrected chi connectivity index (χ3v) is 6.25. The molecule has 21 heavy (non-hydrogen) atoms. The van der Waals surface area contributed by atoms with E-state index >= 15 is 0 Å². The molecule has 0 unspecified atom stereocenters. The second-order valence-corrected chi connectivity index (χ2v) is 7.43. The van der Waals surface area contributed by atoms with E-state index < -0.39 is 10.0 Å². The van der Waals surface area contributed by atoms with Crippen LogP contribution in [0.2, 0.25) is 10.0 Å². The van der Waals surface area contributed by atoms with Crippen LogP contribution in [0.5, 0.6) is 0 Å². The number of nitrogens with two attached hydrogens (primary N) is 1. The van der Waals surface area contributed by atoms with E-state index in [-0.39, 0.29) is 27.2 Å². The summed E-state index contributed by atoms with van der Waals surface area (Å²) < 4.78 is 26.6. The maximum absolute atomic E-state index is 12.6. The first-order chi connectivity index (χ1) is 9.87. The van der Waals surface area contributed by atoms with Crippen molar-refractivity contribution in [3.05, 3.63) is 22.2 Å². The van der Waals surface area contributed by atoms with Crippen LogP contribution >= 0.6 is 23.2 Å². The standard InChI is InChI=1S/C12H17Cl2N3O3S/c13-9-1-2-10(11(14)12(9)15)21(19,20)17-5-3-16(4-6-17)7-8-18/h1-2,18H,3-8,15H2. The lowest BCUT2D eigenvalue weighted by Gasteiger charge is -2.33. The number of rotatable bonds is 4. The van der Waals surface area contributed by atoms with Crippen molar-refractivity contribution < 1.29 is 13.5 Å². The number of halogens is 2. The Morgan fingerprint density at radius 1 is 1.19 bits per heavy atom. The molecule has 0 saturated carbocycles. The van der Waals surface area contributed by atoms with E-state index in [0.29, 0.717) is 32.7 Å². The van der Waals surface area contributed by atoms with Crippen LogP contribution in [0.25, 0.3) is 0 Å². The van der Waals surface area contributed by atoms with Crippen LogP contribution in [0, 0.1) is 0 Å². The average Bonchev–Trinajstić information content (AvgIpc) is 2.45.